The van der Waals surface area contributed by atoms with E-state index in [4.69, 9.17) is 5.11 Å². The lowest BCUT2D eigenvalue weighted by molar-refractivity contribution is 0.343. The number of para-hydroxylation sites is 2. The van der Waals surface area contributed by atoms with Crippen LogP contribution >= 0.6 is 0 Å². The largest absolute Gasteiger partial charge is 0.392 e. The lowest BCUT2D eigenvalue weighted by atomic mass is 10.3. The standard InChI is InChI=1S/C10H10N2O/c13-7-3-6-10-11-8-4-1-2-5-9(8)12-10/h1-6,13H,7H2,(H,11,12)/b6-3-. The van der Waals surface area contributed by atoms with Crippen molar-refractivity contribution in [3.8, 4) is 0 Å². The van der Waals surface area contributed by atoms with Gasteiger partial charge in [0.2, 0.25) is 0 Å². The molecule has 0 saturated carbocycles. The minimum atomic E-state index is 0.0387. The van der Waals surface area contributed by atoms with Gasteiger partial charge in [-0.2, -0.15) is 0 Å². The third-order valence-corrected chi connectivity index (χ3v) is 1.79. The van der Waals surface area contributed by atoms with Gasteiger partial charge in [-0.15, -0.1) is 0 Å². The summed E-state index contributed by atoms with van der Waals surface area (Å²) in [5.74, 6) is 0.773. The third kappa shape index (κ3) is 1.60. The molecule has 0 aliphatic heterocycles. The van der Waals surface area contributed by atoms with Gasteiger partial charge in [-0.05, 0) is 18.2 Å². The molecule has 0 radical (unpaired) electrons. The van der Waals surface area contributed by atoms with E-state index >= 15 is 0 Å². The second-order valence-electron chi connectivity index (χ2n) is 2.72. The van der Waals surface area contributed by atoms with Gasteiger partial charge in [-0.25, -0.2) is 4.98 Å². The Hall–Kier alpha value is -1.61. The number of aromatic nitrogens is 2. The van der Waals surface area contributed by atoms with Crippen LogP contribution in [0.3, 0.4) is 0 Å². The van der Waals surface area contributed by atoms with E-state index in [0.717, 1.165) is 16.9 Å². The zero-order valence-electron chi connectivity index (χ0n) is 7.07. The van der Waals surface area contributed by atoms with E-state index in [-0.39, 0.29) is 6.61 Å². The Morgan fingerprint density at radius 2 is 2.23 bits per heavy atom. The fourth-order valence-corrected chi connectivity index (χ4v) is 1.22. The molecule has 1 aromatic carbocycles. The highest BCUT2D eigenvalue weighted by atomic mass is 16.2. The summed E-state index contributed by atoms with van der Waals surface area (Å²) in [5, 5.41) is 8.57. The van der Waals surface area contributed by atoms with E-state index in [9.17, 15) is 0 Å². The molecule has 0 fully saturated rings. The third-order valence-electron chi connectivity index (χ3n) is 1.79. The smallest absolute Gasteiger partial charge is 0.130 e. The van der Waals surface area contributed by atoms with Crippen LogP contribution in [0.1, 0.15) is 5.82 Å². The number of nitrogens with one attached hydrogen (secondary N) is 1. The van der Waals surface area contributed by atoms with Crippen LogP contribution in [0, 0.1) is 0 Å². The van der Waals surface area contributed by atoms with Crippen molar-refractivity contribution in [1.82, 2.24) is 9.97 Å². The van der Waals surface area contributed by atoms with Crippen molar-refractivity contribution < 1.29 is 5.11 Å². The van der Waals surface area contributed by atoms with Gasteiger partial charge < -0.3 is 10.1 Å². The van der Waals surface area contributed by atoms with Gasteiger partial charge in [-0.1, -0.05) is 18.2 Å². The number of H-pyrrole nitrogens is 1. The van der Waals surface area contributed by atoms with Crippen LogP contribution < -0.4 is 0 Å². The molecule has 0 amide bonds. The molecule has 0 aliphatic carbocycles. The Morgan fingerprint density at radius 1 is 1.38 bits per heavy atom. The number of hydrogen-bond donors (Lipinski definition) is 2. The van der Waals surface area contributed by atoms with Crippen LogP contribution in [0.2, 0.25) is 0 Å². The number of aliphatic hydroxyl groups is 1. The van der Waals surface area contributed by atoms with Gasteiger partial charge in [0.1, 0.15) is 5.82 Å². The maximum absolute atomic E-state index is 8.57. The van der Waals surface area contributed by atoms with Crippen LogP contribution in [0.5, 0.6) is 0 Å². The molecule has 3 heteroatoms. The second kappa shape index (κ2) is 3.41. The summed E-state index contributed by atoms with van der Waals surface area (Å²) < 4.78 is 0. The highest BCUT2D eigenvalue weighted by molar-refractivity contribution is 5.76. The molecule has 0 unspecified atom stereocenters. The number of hydrogen-bond acceptors (Lipinski definition) is 2. The summed E-state index contributed by atoms with van der Waals surface area (Å²) in [6.07, 6.45) is 3.41. The van der Waals surface area contributed by atoms with E-state index in [1.54, 1.807) is 12.2 Å². The SMILES string of the molecule is OC/C=C\c1nc2ccccc2[nH]1. The van der Waals surface area contributed by atoms with Crippen LogP contribution in [-0.4, -0.2) is 21.7 Å². The summed E-state index contributed by atoms with van der Waals surface area (Å²) in [4.78, 5) is 7.42. The van der Waals surface area contributed by atoms with Crippen molar-refractivity contribution in [1.29, 1.82) is 0 Å². The van der Waals surface area contributed by atoms with Crippen LogP contribution in [0.15, 0.2) is 30.3 Å². The summed E-state index contributed by atoms with van der Waals surface area (Å²) in [6, 6.07) is 7.82. The molecule has 0 aliphatic rings. The summed E-state index contributed by atoms with van der Waals surface area (Å²) >= 11 is 0. The number of rotatable bonds is 2. The quantitative estimate of drug-likeness (QED) is 0.726. The Balaban J connectivity index is 2.44. The molecule has 0 bridgehead atoms. The first kappa shape index (κ1) is 8.01. The van der Waals surface area contributed by atoms with Gasteiger partial charge >= 0.3 is 0 Å². The van der Waals surface area contributed by atoms with Gasteiger partial charge in [-0.3, -0.25) is 0 Å². The average Bonchev–Trinajstić information content (AvgIpc) is 2.57. The average molecular weight is 174 g/mol. The number of nitrogens with zero attached hydrogens (tertiary/aromatic N) is 1. The normalized spacial score (nSPS) is 11.5. The topological polar surface area (TPSA) is 48.9 Å². The Bertz CT molecular complexity index is 398. The first-order valence-electron chi connectivity index (χ1n) is 4.12. The first-order chi connectivity index (χ1) is 6.40. The van der Waals surface area contributed by atoms with Crippen molar-refractivity contribution in [2.24, 2.45) is 0 Å². The molecule has 0 saturated heterocycles. The molecule has 3 nitrogen and oxygen atoms in total. The van der Waals surface area contributed by atoms with Gasteiger partial charge in [0, 0.05) is 0 Å². The van der Waals surface area contributed by atoms with Crippen molar-refractivity contribution in [2.75, 3.05) is 6.61 Å². The number of aliphatic hydroxyl groups excluding tert-OH is 1. The predicted octanol–water partition coefficient (Wildman–Crippen LogP) is 1.57. The molecule has 2 aromatic rings. The number of aromatic amines is 1. The predicted molar refractivity (Wildman–Crippen MR) is 52.2 cm³/mol. The highest BCUT2D eigenvalue weighted by Gasteiger charge is 1.96. The zero-order chi connectivity index (χ0) is 9.10. The van der Waals surface area contributed by atoms with Gasteiger partial charge in [0.25, 0.3) is 0 Å². The van der Waals surface area contributed by atoms with Crippen molar-refractivity contribution in [3.63, 3.8) is 0 Å². The molecule has 1 heterocycles. The van der Waals surface area contributed by atoms with Crippen molar-refractivity contribution in [2.45, 2.75) is 0 Å². The van der Waals surface area contributed by atoms with Crippen molar-refractivity contribution in [3.05, 3.63) is 36.2 Å². The molecule has 0 atom stereocenters. The van der Waals surface area contributed by atoms with Crippen LogP contribution in [-0.2, 0) is 0 Å². The second-order valence-corrected chi connectivity index (χ2v) is 2.72. The summed E-state index contributed by atoms with van der Waals surface area (Å²) in [5.41, 5.74) is 1.96. The summed E-state index contributed by atoms with van der Waals surface area (Å²) in [6.45, 7) is 0.0387. The summed E-state index contributed by atoms with van der Waals surface area (Å²) in [7, 11) is 0. The highest BCUT2D eigenvalue weighted by Crippen LogP contribution is 2.10. The van der Waals surface area contributed by atoms with E-state index in [0.29, 0.717) is 0 Å². The molecule has 1 aromatic heterocycles. The lowest BCUT2D eigenvalue weighted by Gasteiger charge is -1.81. The maximum atomic E-state index is 8.57. The monoisotopic (exact) mass is 174 g/mol. The number of fused-ring (bicyclic) bond motifs is 1. The zero-order valence-corrected chi connectivity index (χ0v) is 7.07. The molecule has 2 N–H and O–H groups in total. The van der Waals surface area contributed by atoms with E-state index < -0.39 is 0 Å². The van der Waals surface area contributed by atoms with E-state index in [2.05, 4.69) is 9.97 Å². The van der Waals surface area contributed by atoms with Gasteiger partial charge in [0.05, 0.1) is 17.6 Å². The molecular formula is C10H10N2O. The maximum Gasteiger partial charge on any atom is 0.130 e. The van der Waals surface area contributed by atoms with Crippen LogP contribution in [0.4, 0.5) is 0 Å². The molecule has 2 rings (SSSR count). The fraction of sp³-hybridized carbons (Fsp3) is 0.100. The van der Waals surface area contributed by atoms with Gasteiger partial charge in [0.15, 0.2) is 0 Å². The first-order valence-corrected chi connectivity index (χ1v) is 4.12. The van der Waals surface area contributed by atoms with Crippen molar-refractivity contribution >= 4 is 17.1 Å². The Morgan fingerprint density at radius 3 is 3.00 bits per heavy atom. The fourth-order valence-electron chi connectivity index (χ4n) is 1.22. The number of imidazole rings is 1. The number of benzene rings is 1. The molecule has 66 valence electrons. The molecular weight excluding hydrogens is 164 g/mol. The molecule has 13 heavy (non-hydrogen) atoms. The molecule has 0 spiro atoms. The van der Waals surface area contributed by atoms with E-state index in [1.165, 1.54) is 0 Å². The lowest BCUT2D eigenvalue weighted by Crippen LogP contribution is -1.75. The minimum absolute atomic E-state index is 0.0387. The van der Waals surface area contributed by atoms with Crippen LogP contribution in [0.25, 0.3) is 17.1 Å². The minimum Gasteiger partial charge on any atom is -0.392 e. The Kier molecular flexibility index (Phi) is 2.10. The van der Waals surface area contributed by atoms with E-state index in [1.807, 2.05) is 24.3 Å². The Labute approximate surface area is 75.7 Å².